The lowest BCUT2D eigenvalue weighted by molar-refractivity contribution is 0.101. The summed E-state index contributed by atoms with van der Waals surface area (Å²) < 4.78 is 1.91. The highest BCUT2D eigenvalue weighted by atomic mass is 16.1. The zero-order valence-electron chi connectivity index (χ0n) is 21.0. The highest BCUT2D eigenvalue weighted by Gasteiger charge is 2.25. The van der Waals surface area contributed by atoms with Crippen LogP contribution in [0, 0.1) is 6.92 Å². The molecule has 2 aliphatic rings. The molecular formula is C28H35N5O2. The smallest absolute Gasteiger partial charge is 0.262 e. The highest BCUT2D eigenvalue weighted by Crippen LogP contribution is 2.35. The monoisotopic (exact) mass is 473 g/mol. The van der Waals surface area contributed by atoms with Crippen molar-refractivity contribution in [1.82, 2.24) is 14.9 Å². The maximum absolute atomic E-state index is 13.5. The molecule has 0 amide bonds. The summed E-state index contributed by atoms with van der Waals surface area (Å²) in [5.74, 6) is 0.728. The molecule has 1 aliphatic carbocycles. The number of aromatic nitrogens is 2. The van der Waals surface area contributed by atoms with Crippen molar-refractivity contribution in [1.29, 1.82) is 0 Å². The average Bonchev–Trinajstić information content (AvgIpc) is 3.40. The summed E-state index contributed by atoms with van der Waals surface area (Å²) in [6, 6.07) is 10.6. The van der Waals surface area contributed by atoms with Crippen molar-refractivity contribution in [3.8, 4) is 0 Å². The van der Waals surface area contributed by atoms with Gasteiger partial charge in [-0.3, -0.25) is 9.59 Å². The molecule has 1 saturated heterocycles. The van der Waals surface area contributed by atoms with Gasteiger partial charge in [-0.2, -0.15) is 0 Å². The number of piperazine rings is 1. The summed E-state index contributed by atoms with van der Waals surface area (Å²) in [6.45, 7) is 10.2. The van der Waals surface area contributed by atoms with Crippen molar-refractivity contribution in [2.75, 3.05) is 42.5 Å². The van der Waals surface area contributed by atoms with Crippen molar-refractivity contribution in [3.63, 3.8) is 0 Å². The number of ketones is 1. The third kappa shape index (κ3) is 4.33. The van der Waals surface area contributed by atoms with Crippen molar-refractivity contribution in [2.45, 2.75) is 52.5 Å². The Labute approximate surface area is 206 Å². The number of rotatable bonds is 6. The number of nitrogens with one attached hydrogen (secondary N) is 1. The molecule has 1 aliphatic heterocycles. The molecule has 35 heavy (non-hydrogen) atoms. The zero-order valence-corrected chi connectivity index (χ0v) is 21.0. The van der Waals surface area contributed by atoms with Crippen molar-refractivity contribution in [3.05, 3.63) is 58.0 Å². The fraction of sp³-hybridized carbons (Fsp3) is 0.464. The summed E-state index contributed by atoms with van der Waals surface area (Å²) in [4.78, 5) is 35.3. The van der Waals surface area contributed by atoms with Gasteiger partial charge in [0.1, 0.15) is 5.82 Å². The molecular weight excluding hydrogens is 438 g/mol. The molecule has 1 saturated carbocycles. The fourth-order valence-electron chi connectivity index (χ4n) is 5.79. The topological polar surface area (TPSA) is 70.5 Å². The Kier molecular flexibility index (Phi) is 6.60. The van der Waals surface area contributed by atoms with Crippen LogP contribution in [0.2, 0.25) is 0 Å². The molecule has 0 unspecified atom stereocenters. The summed E-state index contributed by atoms with van der Waals surface area (Å²) in [5, 5.41) is 4.36. The fourth-order valence-corrected chi connectivity index (χ4v) is 5.79. The van der Waals surface area contributed by atoms with E-state index in [0.717, 1.165) is 92.1 Å². The number of carbonyl (C=O) groups is 1. The SMILES string of the molecule is CCN(c1ccc2c(C)c(C(C)=O)c(=O)n(C3CCCC3)c2c1)c1ccc(N2CCNCC2)cn1. The van der Waals surface area contributed by atoms with Crippen LogP contribution in [-0.4, -0.2) is 48.1 Å². The van der Waals surface area contributed by atoms with Gasteiger partial charge >= 0.3 is 0 Å². The predicted molar refractivity (Wildman–Crippen MR) is 142 cm³/mol. The van der Waals surface area contributed by atoms with Gasteiger partial charge in [0.05, 0.1) is 23.0 Å². The number of nitrogens with zero attached hydrogens (tertiary/aromatic N) is 4. The molecule has 7 heteroatoms. The Balaban J connectivity index is 1.58. The number of hydrogen-bond acceptors (Lipinski definition) is 6. The molecule has 0 spiro atoms. The standard InChI is InChI=1S/C28H35N5O2/c1-4-32(26-12-10-23(18-30-26)31-15-13-29-14-16-31)22-9-11-24-19(2)27(20(3)34)28(35)33(25(24)17-22)21-7-5-6-8-21/h9-12,17-18,21,29H,4-8,13-16H2,1-3H3. The third-order valence-corrected chi connectivity index (χ3v) is 7.61. The zero-order chi connectivity index (χ0) is 24.5. The number of carbonyl (C=O) groups excluding carboxylic acids is 1. The van der Waals surface area contributed by atoms with E-state index in [1.165, 1.54) is 6.92 Å². The van der Waals surface area contributed by atoms with E-state index in [0.29, 0.717) is 5.56 Å². The largest absolute Gasteiger partial charge is 0.368 e. The van der Waals surface area contributed by atoms with Crippen LogP contribution in [0.25, 0.3) is 10.9 Å². The number of anilines is 3. The minimum atomic E-state index is -0.158. The Hall–Kier alpha value is -3.19. The predicted octanol–water partition coefficient (Wildman–Crippen LogP) is 4.59. The van der Waals surface area contributed by atoms with Crippen LogP contribution in [0.3, 0.4) is 0 Å². The molecule has 3 heterocycles. The Morgan fingerprint density at radius 1 is 1.14 bits per heavy atom. The molecule has 0 atom stereocenters. The lowest BCUT2D eigenvalue weighted by Crippen LogP contribution is -2.43. The second kappa shape index (κ2) is 9.82. The van der Waals surface area contributed by atoms with Gasteiger partial charge in [0, 0.05) is 49.8 Å². The molecule has 0 radical (unpaired) electrons. The van der Waals surface area contributed by atoms with E-state index in [9.17, 15) is 9.59 Å². The molecule has 7 nitrogen and oxygen atoms in total. The van der Waals surface area contributed by atoms with Gasteiger partial charge in [-0.25, -0.2) is 4.98 Å². The van der Waals surface area contributed by atoms with Crippen LogP contribution >= 0.6 is 0 Å². The van der Waals surface area contributed by atoms with Crippen LogP contribution in [0.15, 0.2) is 41.3 Å². The van der Waals surface area contributed by atoms with Crippen LogP contribution in [0.1, 0.15) is 61.5 Å². The van der Waals surface area contributed by atoms with Gasteiger partial charge in [0.15, 0.2) is 5.78 Å². The van der Waals surface area contributed by atoms with Crippen LogP contribution < -0.4 is 20.7 Å². The van der Waals surface area contributed by atoms with E-state index in [1.54, 1.807) is 0 Å². The summed E-state index contributed by atoms with van der Waals surface area (Å²) in [5.41, 5.74) is 4.02. The van der Waals surface area contributed by atoms with Crippen molar-refractivity contribution < 1.29 is 4.79 Å². The normalized spacial score (nSPS) is 16.7. The van der Waals surface area contributed by atoms with E-state index in [-0.39, 0.29) is 17.4 Å². The Bertz CT molecular complexity index is 1290. The summed E-state index contributed by atoms with van der Waals surface area (Å²) >= 11 is 0. The van der Waals surface area contributed by atoms with Crippen LogP contribution in [0.5, 0.6) is 0 Å². The van der Waals surface area contributed by atoms with E-state index in [4.69, 9.17) is 4.98 Å². The van der Waals surface area contributed by atoms with Crippen molar-refractivity contribution in [2.24, 2.45) is 0 Å². The van der Waals surface area contributed by atoms with E-state index in [2.05, 4.69) is 52.4 Å². The number of Topliss-reactive ketones (excluding diaryl/α,β-unsaturated/α-hetero) is 1. The van der Waals surface area contributed by atoms with Crippen LogP contribution in [0.4, 0.5) is 17.2 Å². The first-order chi connectivity index (χ1) is 17.0. The number of fused-ring (bicyclic) bond motifs is 1. The highest BCUT2D eigenvalue weighted by molar-refractivity contribution is 6.00. The van der Waals surface area contributed by atoms with Gasteiger partial charge in [-0.05, 0) is 63.4 Å². The van der Waals surface area contributed by atoms with E-state index in [1.807, 2.05) is 17.7 Å². The van der Waals surface area contributed by atoms with Gasteiger partial charge in [0.2, 0.25) is 0 Å². The van der Waals surface area contributed by atoms with Crippen LogP contribution in [-0.2, 0) is 0 Å². The quantitative estimate of drug-likeness (QED) is 0.528. The second-order valence-corrected chi connectivity index (χ2v) is 9.73. The number of hydrogen-bond donors (Lipinski definition) is 1. The Morgan fingerprint density at radius 3 is 2.51 bits per heavy atom. The minimum Gasteiger partial charge on any atom is -0.368 e. The molecule has 1 N–H and O–H groups in total. The first-order valence-corrected chi connectivity index (χ1v) is 12.9. The molecule has 3 aromatic rings. The summed E-state index contributed by atoms with van der Waals surface area (Å²) in [6.07, 6.45) is 6.15. The average molecular weight is 474 g/mol. The molecule has 184 valence electrons. The molecule has 2 fully saturated rings. The van der Waals surface area contributed by atoms with E-state index < -0.39 is 0 Å². The van der Waals surface area contributed by atoms with Gasteiger partial charge in [0.25, 0.3) is 5.56 Å². The first kappa shape index (κ1) is 23.5. The third-order valence-electron chi connectivity index (χ3n) is 7.61. The molecule has 5 rings (SSSR count). The minimum absolute atomic E-state index is 0.144. The lowest BCUT2D eigenvalue weighted by Gasteiger charge is -2.30. The second-order valence-electron chi connectivity index (χ2n) is 9.73. The maximum atomic E-state index is 13.5. The van der Waals surface area contributed by atoms with E-state index >= 15 is 0 Å². The molecule has 2 aromatic heterocycles. The molecule has 1 aromatic carbocycles. The van der Waals surface area contributed by atoms with Gasteiger partial charge < -0.3 is 19.7 Å². The van der Waals surface area contributed by atoms with Gasteiger partial charge in [-0.1, -0.05) is 18.9 Å². The van der Waals surface area contributed by atoms with Gasteiger partial charge in [-0.15, -0.1) is 0 Å². The number of aryl methyl sites for hydroxylation is 1. The maximum Gasteiger partial charge on any atom is 0.262 e. The number of pyridine rings is 2. The number of benzene rings is 1. The Morgan fingerprint density at radius 2 is 1.89 bits per heavy atom. The van der Waals surface area contributed by atoms with Crippen molar-refractivity contribution >= 4 is 33.9 Å². The summed E-state index contributed by atoms with van der Waals surface area (Å²) in [7, 11) is 0. The lowest BCUT2D eigenvalue weighted by atomic mass is 10.00. The first-order valence-electron chi connectivity index (χ1n) is 12.9. The molecule has 0 bridgehead atoms.